The molecule has 0 unspecified atom stereocenters. The van der Waals surface area contributed by atoms with Gasteiger partial charge in [0, 0.05) is 13.3 Å². The molecule has 0 bridgehead atoms. The van der Waals surface area contributed by atoms with Crippen molar-refractivity contribution in [3.8, 4) is 0 Å². The van der Waals surface area contributed by atoms with Crippen LogP contribution in [0.4, 0.5) is 0 Å². The first-order chi connectivity index (χ1) is 10.3. The Morgan fingerprint density at radius 2 is 1.68 bits per heavy atom. The second kappa shape index (κ2) is 10.6. The molecule has 9 nitrogen and oxygen atoms in total. The Morgan fingerprint density at radius 3 is 2.14 bits per heavy atom. The van der Waals surface area contributed by atoms with Gasteiger partial charge >= 0.3 is 5.97 Å². The molecule has 0 heterocycles. The fourth-order valence-corrected chi connectivity index (χ4v) is 1.83. The lowest BCUT2D eigenvalue weighted by atomic mass is 10.1. The number of primary amides is 1. The first kappa shape index (κ1) is 19.8. The highest BCUT2D eigenvalue weighted by Crippen LogP contribution is 2.03. The highest BCUT2D eigenvalue weighted by molar-refractivity contribution is 5.91. The maximum Gasteiger partial charge on any atom is 0.303 e. The predicted molar refractivity (Wildman–Crippen MR) is 78.5 cm³/mol. The van der Waals surface area contributed by atoms with Gasteiger partial charge in [-0.2, -0.15) is 0 Å². The zero-order chi connectivity index (χ0) is 17.1. The Bertz CT molecular complexity index is 413. The van der Waals surface area contributed by atoms with E-state index < -0.39 is 35.8 Å². The quantitative estimate of drug-likeness (QED) is 0.290. The van der Waals surface area contributed by atoms with Crippen LogP contribution in [0.15, 0.2) is 0 Å². The number of hydrogen-bond acceptors (Lipinski definition) is 5. The van der Waals surface area contributed by atoms with Crippen molar-refractivity contribution in [3.63, 3.8) is 0 Å². The van der Waals surface area contributed by atoms with Gasteiger partial charge in [0.1, 0.15) is 12.1 Å². The normalized spacial score (nSPS) is 13.0. The summed E-state index contributed by atoms with van der Waals surface area (Å²) in [5.41, 5.74) is 10.6. The van der Waals surface area contributed by atoms with E-state index in [1.54, 1.807) is 0 Å². The molecule has 3 amide bonds. The molecule has 0 aliphatic rings. The van der Waals surface area contributed by atoms with Gasteiger partial charge in [-0.3, -0.25) is 19.2 Å². The smallest absolute Gasteiger partial charge is 0.303 e. The summed E-state index contributed by atoms with van der Waals surface area (Å²) in [6.07, 6.45) is 1.28. The molecule has 0 radical (unpaired) electrons. The van der Waals surface area contributed by atoms with Gasteiger partial charge in [-0.15, -0.1) is 0 Å². The van der Waals surface area contributed by atoms with Gasteiger partial charge in [0.15, 0.2) is 0 Å². The maximum absolute atomic E-state index is 12.1. The number of nitrogens with one attached hydrogen (secondary N) is 2. The van der Waals surface area contributed by atoms with E-state index in [9.17, 15) is 19.2 Å². The fraction of sp³-hybridized carbons (Fsp3) is 0.692. The van der Waals surface area contributed by atoms with Crippen LogP contribution in [0.2, 0.25) is 0 Å². The van der Waals surface area contributed by atoms with Gasteiger partial charge < -0.3 is 27.2 Å². The zero-order valence-corrected chi connectivity index (χ0v) is 12.6. The van der Waals surface area contributed by atoms with Crippen molar-refractivity contribution in [2.45, 2.75) is 51.1 Å². The molecule has 0 aromatic rings. The van der Waals surface area contributed by atoms with Gasteiger partial charge in [0.2, 0.25) is 17.7 Å². The molecule has 0 aliphatic carbocycles. The monoisotopic (exact) mass is 316 g/mol. The fourth-order valence-electron chi connectivity index (χ4n) is 1.83. The average molecular weight is 316 g/mol. The lowest BCUT2D eigenvalue weighted by Crippen LogP contribution is -2.52. The number of carboxylic acid groups (broad SMARTS) is 1. The Balaban J connectivity index is 4.68. The van der Waals surface area contributed by atoms with E-state index in [1.807, 2.05) is 0 Å². The number of rotatable bonds is 11. The van der Waals surface area contributed by atoms with Crippen molar-refractivity contribution in [1.82, 2.24) is 10.6 Å². The SMILES string of the molecule is CC(=O)N[C@@H](CCC(=O)O)C(=O)N[C@@H](CCCCN)C(N)=O. The summed E-state index contributed by atoms with van der Waals surface area (Å²) in [7, 11) is 0. The topological polar surface area (TPSA) is 165 Å². The number of unbranched alkanes of at least 4 members (excludes halogenated alkanes) is 1. The Morgan fingerprint density at radius 1 is 1.05 bits per heavy atom. The molecule has 22 heavy (non-hydrogen) atoms. The molecular weight excluding hydrogens is 292 g/mol. The standard InChI is InChI=1S/C13H24N4O5/c1-8(18)16-10(5-6-11(19)20)13(22)17-9(12(15)21)4-2-3-7-14/h9-10H,2-7,14H2,1H3,(H2,15,21)(H,16,18)(H,17,22)(H,19,20)/t9-,10-/m0/s1. The molecule has 0 spiro atoms. The van der Waals surface area contributed by atoms with E-state index in [1.165, 1.54) is 6.92 Å². The van der Waals surface area contributed by atoms with Crippen LogP contribution in [-0.4, -0.2) is 47.4 Å². The molecule has 0 aromatic heterocycles. The van der Waals surface area contributed by atoms with Crippen LogP contribution < -0.4 is 22.1 Å². The van der Waals surface area contributed by atoms with E-state index >= 15 is 0 Å². The van der Waals surface area contributed by atoms with Gasteiger partial charge in [0.05, 0.1) is 0 Å². The summed E-state index contributed by atoms with van der Waals surface area (Å²) >= 11 is 0. The Labute approximate surface area is 128 Å². The minimum atomic E-state index is -1.09. The van der Waals surface area contributed by atoms with Gasteiger partial charge in [-0.1, -0.05) is 0 Å². The summed E-state index contributed by atoms with van der Waals surface area (Å²) in [4.78, 5) is 45.1. The molecule has 0 rings (SSSR count). The van der Waals surface area contributed by atoms with Crippen molar-refractivity contribution in [3.05, 3.63) is 0 Å². The molecule has 0 saturated carbocycles. The largest absolute Gasteiger partial charge is 0.481 e. The highest BCUT2D eigenvalue weighted by Gasteiger charge is 2.25. The van der Waals surface area contributed by atoms with Gasteiger partial charge in [0.25, 0.3) is 0 Å². The van der Waals surface area contributed by atoms with Crippen LogP contribution in [-0.2, 0) is 19.2 Å². The minimum Gasteiger partial charge on any atom is -0.481 e. The lowest BCUT2D eigenvalue weighted by molar-refractivity contribution is -0.138. The van der Waals surface area contributed by atoms with Crippen LogP contribution in [0.3, 0.4) is 0 Å². The van der Waals surface area contributed by atoms with Crippen LogP contribution >= 0.6 is 0 Å². The second-order valence-corrected chi connectivity index (χ2v) is 4.93. The minimum absolute atomic E-state index is 0.0744. The number of carbonyl (C=O) groups is 4. The second-order valence-electron chi connectivity index (χ2n) is 4.93. The number of hydrogen-bond donors (Lipinski definition) is 5. The van der Waals surface area contributed by atoms with E-state index in [0.717, 1.165) is 0 Å². The van der Waals surface area contributed by atoms with E-state index in [2.05, 4.69) is 10.6 Å². The molecule has 9 heteroatoms. The molecule has 2 atom stereocenters. The number of aliphatic carboxylic acids is 1. The number of amides is 3. The summed E-state index contributed by atoms with van der Waals surface area (Å²) in [6, 6.07) is -1.90. The summed E-state index contributed by atoms with van der Waals surface area (Å²) < 4.78 is 0. The maximum atomic E-state index is 12.1. The molecular formula is C13H24N4O5. The molecule has 0 aliphatic heterocycles. The summed E-state index contributed by atoms with van der Waals surface area (Å²) in [5, 5.41) is 13.5. The van der Waals surface area contributed by atoms with Crippen molar-refractivity contribution in [2.24, 2.45) is 11.5 Å². The third-order valence-corrected chi connectivity index (χ3v) is 2.95. The van der Waals surface area contributed by atoms with Crippen molar-refractivity contribution in [1.29, 1.82) is 0 Å². The molecule has 0 fully saturated rings. The third-order valence-electron chi connectivity index (χ3n) is 2.95. The Kier molecular flexibility index (Phi) is 9.51. The highest BCUT2D eigenvalue weighted by atomic mass is 16.4. The molecule has 0 aromatic carbocycles. The molecule has 0 saturated heterocycles. The zero-order valence-electron chi connectivity index (χ0n) is 12.6. The van der Waals surface area contributed by atoms with Crippen LogP contribution in [0.1, 0.15) is 39.0 Å². The van der Waals surface area contributed by atoms with Crippen LogP contribution in [0.5, 0.6) is 0 Å². The van der Waals surface area contributed by atoms with Crippen molar-refractivity contribution >= 4 is 23.7 Å². The summed E-state index contributed by atoms with van der Waals surface area (Å²) in [5.74, 6) is -2.87. The van der Waals surface area contributed by atoms with E-state index in [4.69, 9.17) is 16.6 Å². The van der Waals surface area contributed by atoms with Crippen LogP contribution in [0, 0.1) is 0 Å². The molecule has 126 valence electrons. The first-order valence-electron chi connectivity index (χ1n) is 7.06. The summed E-state index contributed by atoms with van der Waals surface area (Å²) in [6.45, 7) is 1.68. The van der Waals surface area contributed by atoms with E-state index in [-0.39, 0.29) is 12.8 Å². The lowest BCUT2D eigenvalue weighted by Gasteiger charge is -2.21. The average Bonchev–Trinajstić information content (AvgIpc) is 2.41. The number of carbonyl (C=O) groups excluding carboxylic acids is 3. The van der Waals surface area contributed by atoms with Crippen molar-refractivity contribution < 1.29 is 24.3 Å². The first-order valence-corrected chi connectivity index (χ1v) is 7.06. The van der Waals surface area contributed by atoms with Crippen molar-refractivity contribution in [2.75, 3.05) is 6.54 Å². The number of carboxylic acids is 1. The molecule has 7 N–H and O–H groups in total. The van der Waals surface area contributed by atoms with Gasteiger partial charge in [-0.25, -0.2) is 0 Å². The Hall–Kier alpha value is -2.16. The third kappa shape index (κ3) is 8.90. The number of nitrogens with two attached hydrogens (primary N) is 2. The predicted octanol–water partition coefficient (Wildman–Crippen LogP) is -1.54. The van der Waals surface area contributed by atoms with Crippen LogP contribution in [0.25, 0.3) is 0 Å². The van der Waals surface area contributed by atoms with E-state index in [0.29, 0.717) is 25.8 Å². The van der Waals surface area contributed by atoms with Gasteiger partial charge in [-0.05, 0) is 32.2 Å².